The maximum Gasteiger partial charge on any atom is 0.295 e. The van der Waals surface area contributed by atoms with Gasteiger partial charge in [-0.25, -0.2) is 0 Å². The van der Waals surface area contributed by atoms with Gasteiger partial charge in [0.25, 0.3) is 11.7 Å². The number of rotatable bonds is 5. The molecule has 5 rings (SSSR count). The lowest BCUT2D eigenvalue weighted by molar-refractivity contribution is -0.140. The molecule has 2 aromatic carbocycles. The number of ether oxygens (including phenoxy) is 4. The third-order valence-electron chi connectivity index (χ3n) is 6.19. The first-order valence-corrected chi connectivity index (χ1v) is 11.0. The number of methoxy groups -OCH3 is 1. The van der Waals surface area contributed by atoms with Gasteiger partial charge in [-0.3, -0.25) is 9.59 Å². The van der Waals surface area contributed by atoms with E-state index in [-0.39, 0.29) is 24.0 Å². The van der Waals surface area contributed by atoms with Crippen LogP contribution >= 0.6 is 0 Å². The summed E-state index contributed by atoms with van der Waals surface area (Å²) in [6.07, 6.45) is 1.58. The van der Waals surface area contributed by atoms with Crippen LogP contribution in [0, 0.1) is 0 Å². The maximum absolute atomic E-state index is 13.2. The van der Waals surface area contributed by atoms with Gasteiger partial charge < -0.3 is 29.0 Å². The van der Waals surface area contributed by atoms with E-state index in [9.17, 15) is 14.7 Å². The molecular weight excluding hydrogens is 426 g/mol. The van der Waals surface area contributed by atoms with Gasteiger partial charge in [0.2, 0.25) is 0 Å². The molecule has 2 fully saturated rings. The molecule has 2 aromatic rings. The van der Waals surface area contributed by atoms with Crippen LogP contribution in [-0.4, -0.2) is 61.3 Å². The molecular formula is C25H25NO7. The number of benzene rings is 2. The average molecular weight is 451 g/mol. The number of hydrogen-bond acceptors (Lipinski definition) is 7. The first-order valence-electron chi connectivity index (χ1n) is 11.0. The van der Waals surface area contributed by atoms with Crippen molar-refractivity contribution in [2.75, 3.05) is 33.5 Å². The smallest absolute Gasteiger partial charge is 0.295 e. The molecule has 33 heavy (non-hydrogen) atoms. The molecule has 1 N–H and O–H groups in total. The predicted octanol–water partition coefficient (Wildman–Crippen LogP) is 3.07. The molecule has 0 spiro atoms. The minimum atomic E-state index is -0.766. The Labute approximate surface area is 191 Å². The van der Waals surface area contributed by atoms with Crippen LogP contribution in [0.4, 0.5) is 0 Å². The molecule has 2 unspecified atom stereocenters. The van der Waals surface area contributed by atoms with Crippen molar-refractivity contribution >= 4 is 17.4 Å². The quantitative estimate of drug-likeness (QED) is 0.424. The van der Waals surface area contributed by atoms with E-state index in [0.29, 0.717) is 48.2 Å². The van der Waals surface area contributed by atoms with Crippen molar-refractivity contribution in [2.24, 2.45) is 0 Å². The van der Waals surface area contributed by atoms with Crippen molar-refractivity contribution in [2.45, 2.75) is 25.0 Å². The van der Waals surface area contributed by atoms with Gasteiger partial charge in [-0.2, -0.15) is 0 Å². The summed E-state index contributed by atoms with van der Waals surface area (Å²) >= 11 is 0. The number of Topliss-reactive ketones (excluding diaryl/α,β-unsaturated/α-hetero) is 1. The minimum absolute atomic E-state index is 0.0305. The highest BCUT2D eigenvalue weighted by molar-refractivity contribution is 6.46. The second-order valence-electron chi connectivity index (χ2n) is 8.22. The summed E-state index contributed by atoms with van der Waals surface area (Å²) < 4.78 is 22.3. The number of ketones is 1. The topological polar surface area (TPSA) is 94.5 Å². The third-order valence-corrected chi connectivity index (χ3v) is 6.19. The van der Waals surface area contributed by atoms with Gasteiger partial charge in [0.15, 0.2) is 11.5 Å². The van der Waals surface area contributed by atoms with Crippen molar-refractivity contribution in [1.29, 1.82) is 0 Å². The Bertz CT molecular complexity index is 1120. The van der Waals surface area contributed by atoms with Crippen molar-refractivity contribution < 1.29 is 33.6 Å². The normalized spacial score (nSPS) is 23.7. The number of carbonyl (C=O) groups excluding carboxylic acids is 2. The van der Waals surface area contributed by atoms with E-state index in [2.05, 4.69) is 0 Å². The molecule has 3 aliphatic heterocycles. The summed E-state index contributed by atoms with van der Waals surface area (Å²) in [5.41, 5.74) is 1.08. The molecule has 3 aliphatic rings. The van der Waals surface area contributed by atoms with Crippen molar-refractivity contribution in [3.05, 3.63) is 59.2 Å². The number of fused-ring (bicyclic) bond motifs is 1. The van der Waals surface area contributed by atoms with E-state index in [0.717, 1.165) is 12.8 Å². The number of amides is 1. The minimum Gasteiger partial charge on any atom is -0.507 e. The van der Waals surface area contributed by atoms with Gasteiger partial charge in [0, 0.05) is 18.7 Å². The zero-order chi connectivity index (χ0) is 22.9. The number of aliphatic hydroxyl groups is 1. The third kappa shape index (κ3) is 3.91. The van der Waals surface area contributed by atoms with Crippen LogP contribution in [0.2, 0.25) is 0 Å². The lowest BCUT2D eigenvalue weighted by Crippen LogP contribution is -2.36. The van der Waals surface area contributed by atoms with Crippen molar-refractivity contribution in [3.63, 3.8) is 0 Å². The standard InChI is InChI=1S/C25H25NO7/c1-30-17-5-2-4-15(12-17)22-21(24(28)25(29)26(22)14-18-6-3-9-31-18)23(27)16-7-8-19-20(13-16)33-11-10-32-19/h2,4-5,7-8,12-13,18,22,27H,3,6,9-11,14H2,1H3. The summed E-state index contributed by atoms with van der Waals surface area (Å²) in [4.78, 5) is 27.8. The molecule has 0 bridgehead atoms. The van der Waals surface area contributed by atoms with Crippen LogP contribution < -0.4 is 14.2 Å². The Morgan fingerprint density at radius 3 is 2.67 bits per heavy atom. The second-order valence-corrected chi connectivity index (χ2v) is 8.22. The number of nitrogens with zero attached hydrogens (tertiary/aromatic N) is 1. The molecule has 172 valence electrons. The fourth-order valence-corrected chi connectivity index (χ4v) is 4.58. The molecule has 8 nitrogen and oxygen atoms in total. The highest BCUT2D eigenvalue weighted by Crippen LogP contribution is 2.42. The number of carbonyl (C=O) groups is 2. The Morgan fingerprint density at radius 2 is 1.91 bits per heavy atom. The molecule has 0 radical (unpaired) electrons. The second kappa shape index (κ2) is 8.78. The van der Waals surface area contributed by atoms with E-state index >= 15 is 0 Å². The molecule has 8 heteroatoms. The zero-order valence-corrected chi connectivity index (χ0v) is 18.3. The van der Waals surface area contributed by atoms with Gasteiger partial charge in [-0.15, -0.1) is 0 Å². The van der Waals surface area contributed by atoms with Gasteiger partial charge >= 0.3 is 0 Å². The lowest BCUT2D eigenvalue weighted by Gasteiger charge is -2.27. The molecule has 2 saturated heterocycles. The van der Waals surface area contributed by atoms with E-state index in [1.807, 2.05) is 6.07 Å². The summed E-state index contributed by atoms with van der Waals surface area (Å²) in [5.74, 6) is 0.00549. The Hall–Kier alpha value is -3.52. The lowest BCUT2D eigenvalue weighted by atomic mass is 9.95. The molecule has 3 heterocycles. The molecule has 1 amide bonds. The monoisotopic (exact) mass is 451 g/mol. The maximum atomic E-state index is 13.2. The average Bonchev–Trinajstić information content (AvgIpc) is 3.45. The Balaban J connectivity index is 1.61. The molecule has 0 aliphatic carbocycles. The highest BCUT2D eigenvalue weighted by Gasteiger charge is 2.47. The molecule has 2 atom stereocenters. The SMILES string of the molecule is COc1cccc(C2C(=C(O)c3ccc4c(c3)OCCO4)C(=O)C(=O)N2CC2CCCO2)c1. The van der Waals surface area contributed by atoms with Gasteiger partial charge in [-0.05, 0) is 48.7 Å². The van der Waals surface area contributed by atoms with Gasteiger partial charge in [0.1, 0.15) is 24.7 Å². The van der Waals surface area contributed by atoms with Crippen LogP contribution in [-0.2, 0) is 14.3 Å². The van der Waals surface area contributed by atoms with E-state index in [1.54, 1.807) is 43.5 Å². The van der Waals surface area contributed by atoms with Gasteiger partial charge in [0.05, 0.1) is 24.8 Å². The summed E-state index contributed by atoms with van der Waals surface area (Å²) in [6, 6.07) is 11.4. The molecule has 0 aromatic heterocycles. The first kappa shape index (κ1) is 21.3. The predicted molar refractivity (Wildman–Crippen MR) is 118 cm³/mol. The fourth-order valence-electron chi connectivity index (χ4n) is 4.58. The van der Waals surface area contributed by atoms with E-state index in [1.165, 1.54) is 4.90 Å². The summed E-state index contributed by atoms with van der Waals surface area (Å²) in [5, 5.41) is 11.3. The van der Waals surface area contributed by atoms with Crippen LogP contribution in [0.1, 0.15) is 30.0 Å². The van der Waals surface area contributed by atoms with Crippen molar-refractivity contribution in [1.82, 2.24) is 4.90 Å². The Morgan fingerprint density at radius 1 is 1.09 bits per heavy atom. The number of likely N-dealkylation sites (tertiary alicyclic amines) is 1. The largest absolute Gasteiger partial charge is 0.507 e. The Kier molecular flexibility index (Phi) is 5.68. The van der Waals surface area contributed by atoms with E-state index < -0.39 is 17.7 Å². The summed E-state index contributed by atoms with van der Waals surface area (Å²) in [6.45, 7) is 1.75. The fraction of sp³-hybridized carbons (Fsp3) is 0.360. The molecule has 0 saturated carbocycles. The first-order chi connectivity index (χ1) is 16.1. The van der Waals surface area contributed by atoms with Crippen LogP contribution in [0.15, 0.2) is 48.0 Å². The van der Waals surface area contributed by atoms with Crippen LogP contribution in [0.25, 0.3) is 5.76 Å². The highest BCUT2D eigenvalue weighted by atomic mass is 16.6. The van der Waals surface area contributed by atoms with Crippen molar-refractivity contribution in [3.8, 4) is 17.2 Å². The van der Waals surface area contributed by atoms with E-state index in [4.69, 9.17) is 18.9 Å². The number of aliphatic hydroxyl groups excluding tert-OH is 1. The zero-order valence-electron chi connectivity index (χ0n) is 18.3. The van der Waals surface area contributed by atoms with Gasteiger partial charge in [-0.1, -0.05) is 12.1 Å². The number of hydrogen-bond donors (Lipinski definition) is 1. The van der Waals surface area contributed by atoms with Crippen LogP contribution in [0.3, 0.4) is 0 Å². The summed E-state index contributed by atoms with van der Waals surface area (Å²) in [7, 11) is 1.55. The van der Waals surface area contributed by atoms with Crippen LogP contribution in [0.5, 0.6) is 17.2 Å².